The number of piperidine rings is 1. The number of rotatable bonds is 0. The molecule has 2 aliphatic rings. The summed E-state index contributed by atoms with van der Waals surface area (Å²) in [5, 5.41) is 5.91. The summed E-state index contributed by atoms with van der Waals surface area (Å²) in [7, 11) is 0. The van der Waals surface area contributed by atoms with Crippen LogP contribution in [0.15, 0.2) is 0 Å². The van der Waals surface area contributed by atoms with Crippen molar-refractivity contribution in [3.63, 3.8) is 0 Å². The molecule has 0 aromatic rings. The molecule has 2 N–H and O–H groups in total. The smallest absolute Gasteiger partial charge is 0.322 e. The van der Waals surface area contributed by atoms with Crippen molar-refractivity contribution in [2.75, 3.05) is 13.1 Å². The van der Waals surface area contributed by atoms with Gasteiger partial charge in [0.1, 0.15) is 5.54 Å². The van der Waals surface area contributed by atoms with Gasteiger partial charge in [-0.25, -0.2) is 4.79 Å². The second-order valence-electron chi connectivity index (χ2n) is 3.76. The topological polar surface area (TPSA) is 61.4 Å². The van der Waals surface area contributed by atoms with Gasteiger partial charge in [0.25, 0.3) is 5.91 Å². The molecule has 15 heavy (non-hydrogen) atoms. The van der Waals surface area contributed by atoms with Gasteiger partial charge in [-0.1, -0.05) is 5.92 Å². The van der Waals surface area contributed by atoms with Crippen LogP contribution in [-0.4, -0.2) is 35.5 Å². The zero-order chi connectivity index (χ0) is 10.9. The molecule has 0 bridgehead atoms. The Bertz CT molecular complexity index is 361. The van der Waals surface area contributed by atoms with Gasteiger partial charge in [-0.05, 0) is 32.9 Å². The van der Waals surface area contributed by atoms with Crippen LogP contribution in [0.25, 0.3) is 0 Å². The van der Waals surface area contributed by atoms with Crippen molar-refractivity contribution < 1.29 is 9.59 Å². The van der Waals surface area contributed by atoms with Crippen LogP contribution in [0.4, 0.5) is 4.79 Å². The molecule has 80 valence electrons. The van der Waals surface area contributed by atoms with Gasteiger partial charge in [0.15, 0.2) is 0 Å². The van der Waals surface area contributed by atoms with Gasteiger partial charge in [0.05, 0.1) is 0 Å². The minimum atomic E-state index is -0.702. The van der Waals surface area contributed by atoms with Crippen molar-refractivity contribution in [2.24, 2.45) is 0 Å². The quantitative estimate of drug-likeness (QED) is 0.421. The summed E-state index contributed by atoms with van der Waals surface area (Å²) in [6.45, 7) is 3.10. The highest BCUT2D eigenvalue weighted by molar-refractivity contribution is 6.08. The van der Waals surface area contributed by atoms with Gasteiger partial charge in [-0.15, -0.1) is 0 Å². The standard InChI is InChI=1S/C10H13N3O2/c1-2-7-13-8(14)10(12-9(13)15)3-5-11-6-4-10/h11H,3-6H2,1H3,(H,12,15). The van der Waals surface area contributed by atoms with Gasteiger partial charge in [-0.3, -0.25) is 4.79 Å². The predicted molar refractivity (Wildman–Crippen MR) is 53.7 cm³/mol. The molecule has 1 spiro atoms. The first-order chi connectivity index (χ1) is 7.19. The van der Waals surface area contributed by atoms with Crippen LogP contribution in [0.2, 0.25) is 0 Å². The summed E-state index contributed by atoms with van der Waals surface area (Å²) in [4.78, 5) is 24.5. The molecule has 5 heteroatoms. The summed E-state index contributed by atoms with van der Waals surface area (Å²) in [6.07, 6.45) is 1.28. The summed E-state index contributed by atoms with van der Waals surface area (Å²) >= 11 is 0. The summed E-state index contributed by atoms with van der Waals surface area (Å²) in [5.41, 5.74) is -0.702. The molecule has 2 rings (SSSR count). The van der Waals surface area contributed by atoms with E-state index >= 15 is 0 Å². The van der Waals surface area contributed by atoms with Crippen LogP contribution in [0.3, 0.4) is 0 Å². The number of imide groups is 1. The zero-order valence-electron chi connectivity index (χ0n) is 8.59. The highest BCUT2D eigenvalue weighted by Crippen LogP contribution is 2.26. The fourth-order valence-electron chi connectivity index (χ4n) is 2.03. The van der Waals surface area contributed by atoms with Crippen molar-refractivity contribution in [3.05, 3.63) is 0 Å². The molecule has 0 saturated carbocycles. The molecule has 2 heterocycles. The highest BCUT2D eigenvalue weighted by Gasteiger charge is 2.51. The van der Waals surface area contributed by atoms with E-state index in [9.17, 15) is 9.59 Å². The third-order valence-corrected chi connectivity index (χ3v) is 2.84. The molecule has 5 nitrogen and oxygen atoms in total. The van der Waals surface area contributed by atoms with E-state index in [1.807, 2.05) is 0 Å². The van der Waals surface area contributed by atoms with Crippen molar-refractivity contribution in [1.82, 2.24) is 15.5 Å². The van der Waals surface area contributed by atoms with Crippen LogP contribution in [0.1, 0.15) is 19.8 Å². The molecule has 0 aliphatic carbocycles. The van der Waals surface area contributed by atoms with Crippen LogP contribution in [0, 0.1) is 12.0 Å². The molecule has 3 amide bonds. The van der Waals surface area contributed by atoms with Crippen LogP contribution in [-0.2, 0) is 4.79 Å². The zero-order valence-corrected chi connectivity index (χ0v) is 8.59. The highest BCUT2D eigenvalue weighted by atomic mass is 16.2. The van der Waals surface area contributed by atoms with Gasteiger partial charge in [-0.2, -0.15) is 4.90 Å². The molecule has 0 aromatic heterocycles. The minimum absolute atomic E-state index is 0.205. The maximum atomic E-state index is 12.0. The second kappa shape index (κ2) is 3.55. The van der Waals surface area contributed by atoms with Crippen LogP contribution in [0.5, 0.6) is 0 Å². The van der Waals surface area contributed by atoms with E-state index in [1.54, 1.807) is 6.92 Å². The molecule has 0 aromatic carbocycles. The predicted octanol–water partition coefficient (Wildman–Crippen LogP) is -0.359. The molecule has 0 unspecified atom stereocenters. The second-order valence-corrected chi connectivity index (χ2v) is 3.76. The van der Waals surface area contributed by atoms with Crippen molar-refractivity contribution in [2.45, 2.75) is 25.3 Å². The molecular formula is C10H13N3O2. The molecule has 0 radical (unpaired) electrons. The lowest BCUT2D eigenvalue weighted by Gasteiger charge is -2.30. The maximum Gasteiger partial charge on any atom is 0.337 e. The monoisotopic (exact) mass is 207 g/mol. The first-order valence-corrected chi connectivity index (χ1v) is 4.99. The Morgan fingerprint density at radius 1 is 1.33 bits per heavy atom. The third-order valence-electron chi connectivity index (χ3n) is 2.84. The maximum absolute atomic E-state index is 12.0. The first kappa shape index (κ1) is 9.99. The SMILES string of the molecule is CC#CN1C(=O)NC2(CCNCC2)C1=O. The Balaban J connectivity index is 2.25. The van der Waals surface area contributed by atoms with Gasteiger partial charge >= 0.3 is 6.03 Å². The van der Waals surface area contributed by atoms with E-state index < -0.39 is 11.6 Å². The number of hydrogen-bond donors (Lipinski definition) is 2. The lowest BCUT2D eigenvalue weighted by Crippen LogP contribution is -2.53. The van der Waals surface area contributed by atoms with Crippen molar-refractivity contribution in [3.8, 4) is 12.0 Å². The molecule has 2 aliphatic heterocycles. The molecule has 2 fully saturated rings. The first-order valence-electron chi connectivity index (χ1n) is 4.99. The number of nitrogens with zero attached hydrogens (tertiary/aromatic N) is 1. The normalized spacial score (nSPS) is 23.7. The number of carbonyl (C=O) groups is 2. The van der Waals surface area contributed by atoms with Crippen LogP contribution < -0.4 is 10.6 Å². The van der Waals surface area contributed by atoms with E-state index in [4.69, 9.17) is 0 Å². The van der Waals surface area contributed by atoms with Gasteiger partial charge in [0, 0.05) is 6.04 Å². The number of carbonyl (C=O) groups excluding carboxylic acids is 2. The van der Waals surface area contributed by atoms with Gasteiger partial charge in [0.2, 0.25) is 0 Å². The summed E-state index contributed by atoms with van der Waals surface area (Å²) < 4.78 is 0. The Morgan fingerprint density at radius 3 is 2.60 bits per heavy atom. The Hall–Kier alpha value is -1.54. The number of amides is 3. The molecule has 2 saturated heterocycles. The Morgan fingerprint density at radius 2 is 2.00 bits per heavy atom. The fourth-order valence-corrected chi connectivity index (χ4v) is 2.03. The Labute approximate surface area is 88.2 Å². The van der Waals surface area contributed by atoms with Crippen molar-refractivity contribution >= 4 is 11.9 Å². The lowest BCUT2D eigenvalue weighted by molar-refractivity contribution is -0.129. The van der Waals surface area contributed by atoms with E-state index in [-0.39, 0.29) is 5.91 Å². The Kier molecular flexibility index (Phi) is 2.37. The van der Waals surface area contributed by atoms with E-state index in [2.05, 4.69) is 22.6 Å². The van der Waals surface area contributed by atoms with E-state index in [1.165, 1.54) is 0 Å². The largest absolute Gasteiger partial charge is 0.337 e. The number of urea groups is 1. The number of nitrogens with one attached hydrogen (secondary N) is 2. The lowest BCUT2D eigenvalue weighted by atomic mass is 9.88. The fraction of sp³-hybridized carbons (Fsp3) is 0.600. The number of hydrogen-bond acceptors (Lipinski definition) is 3. The molecular weight excluding hydrogens is 194 g/mol. The average molecular weight is 207 g/mol. The van der Waals surface area contributed by atoms with E-state index in [0.717, 1.165) is 18.0 Å². The third kappa shape index (κ3) is 1.47. The van der Waals surface area contributed by atoms with E-state index in [0.29, 0.717) is 12.8 Å². The summed E-state index contributed by atoms with van der Waals surface area (Å²) in [5.74, 6) is 2.37. The average Bonchev–Trinajstić information content (AvgIpc) is 2.45. The summed E-state index contributed by atoms with van der Waals surface area (Å²) in [6, 6.07) is 2.12. The minimum Gasteiger partial charge on any atom is -0.322 e. The van der Waals surface area contributed by atoms with Crippen molar-refractivity contribution in [1.29, 1.82) is 0 Å². The van der Waals surface area contributed by atoms with Crippen LogP contribution >= 0.6 is 0 Å². The molecule has 0 atom stereocenters. The van der Waals surface area contributed by atoms with Gasteiger partial charge < -0.3 is 10.6 Å².